The predicted octanol–water partition coefficient (Wildman–Crippen LogP) is 2.25. The minimum Gasteiger partial charge on any atom is -0.406 e. The Morgan fingerprint density at radius 1 is 1.11 bits per heavy atom. The van der Waals surface area contributed by atoms with Crippen molar-refractivity contribution in [1.29, 1.82) is 0 Å². The number of alkyl halides is 3. The molecule has 0 atom stereocenters. The molecule has 0 bridgehead atoms. The van der Waals surface area contributed by atoms with Gasteiger partial charge in [-0.2, -0.15) is 5.48 Å². The molecule has 0 spiro atoms. The number of halogens is 3. The summed E-state index contributed by atoms with van der Waals surface area (Å²) in [7, 11) is 1.56. The molecule has 0 radical (unpaired) electrons. The number of ether oxygens (including phenoxy) is 2. The largest absolute Gasteiger partial charge is 0.573 e. The minimum atomic E-state index is -4.66. The molecule has 0 saturated heterocycles. The Kier molecular flexibility index (Phi) is 5.90. The van der Waals surface area contributed by atoms with E-state index in [9.17, 15) is 13.2 Å². The Hall–Kier alpha value is -1.31. The molecule has 7 heteroatoms. The van der Waals surface area contributed by atoms with E-state index in [0.717, 1.165) is 5.56 Å². The third kappa shape index (κ3) is 6.43. The molecule has 4 nitrogen and oxygen atoms in total. The molecule has 0 aliphatic rings. The number of benzene rings is 1. The van der Waals surface area contributed by atoms with Gasteiger partial charge in [-0.3, -0.25) is 4.84 Å². The molecule has 0 saturated carbocycles. The molecule has 0 aliphatic carbocycles. The highest BCUT2D eigenvalue weighted by atomic mass is 19.4. The van der Waals surface area contributed by atoms with Crippen molar-refractivity contribution in [2.24, 2.45) is 0 Å². The number of methoxy groups -OCH3 is 1. The number of hydrogen-bond donors (Lipinski definition) is 1. The van der Waals surface area contributed by atoms with E-state index >= 15 is 0 Å². The van der Waals surface area contributed by atoms with Gasteiger partial charge in [-0.05, 0) is 17.7 Å². The van der Waals surface area contributed by atoms with Crippen LogP contribution in [0.5, 0.6) is 5.75 Å². The molecule has 0 heterocycles. The first-order chi connectivity index (χ1) is 8.51. The molecule has 18 heavy (non-hydrogen) atoms. The SMILES string of the molecule is COCCONCc1ccc(OC(F)(F)F)cc1. The van der Waals surface area contributed by atoms with Crippen LogP contribution in [0.4, 0.5) is 13.2 Å². The normalized spacial score (nSPS) is 11.6. The van der Waals surface area contributed by atoms with Crippen molar-refractivity contribution in [3.05, 3.63) is 29.8 Å². The molecule has 0 aliphatic heterocycles. The highest BCUT2D eigenvalue weighted by molar-refractivity contribution is 5.27. The maximum absolute atomic E-state index is 11.9. The lowest BCUT2D eigenvalue weighted by Gasteiger charge is -2.09. The van der Waals surface area contributed by atoms with Gasteiger partial charge in [0, 0.05) is 13.7 Å². The van der Waals surface area contributed by atoms with Crippen molar-refractivity contribution < 1.29 is 27.5 Å². The Bertz CT molecular complexity index is 340. The fourth-order valence-corrected chi connectivity index (χ4v) is 1.14. The van der Waals surface area contributed by atoms with Gasteiger partial charge in [-0.25, -0.2) is 0 Å². The van der Waals surface area contributed by atoms with Crippen LogP contribution in [0.2, 0.25) is 0 Å². The summed E-state index contributed by atoms with van der Waals surface area (Å²) in [5.74, 6) is -0.244. The second-order valence-corrected chi connectivity index (χ2v) is 3.35. The van der Waals surface area contributed by atoms with Crippen molar-refractivity contribution in [2.75, 3.05) is 20.3 Å². The predicted molar refractivity (Wildman–Crippen MR) is 57.8 cm³/mol. The summed E-state index contributed by atoms with van der Waals surface area (Å²) >= 11 is 0. The number of rotatable bonds is 7. The van der Waals surface area contributed by atoms with Crippen LogP contribution >= 0.6 is 0 Å². The number of hydroxylamine groups is 1. The van der Waals surface area contributed by atoms with Crippen LogP contribution in [0, 0.1) is 0 Å². The lowest BCUT2D eigenvalue weighted by atomic mass is 10.2. The Balaban J connectivity index is 2.32. The van der Waals surface area contributed by atoms with Gasteiger partial charge < -0.3 is 9.47 Å². The third-order valence-corrected chi connectivity index (χ3v) is 1.92. The average molecular weight is 265 g/mol. The Labute approximate surface area is 103 Å². The fourth-order valence-electron chi connectivity index (χ4n) is 1.14. The lowest BCUT2D eigenvalue weighted by Crippen LogP contribution is -2.18. The van der Waals surface area contributed by atoms with Crippen LogP contribution < -0.4 is 10.2 Å². The molecule has 0 amide bonds. The number of nitrogens with one attached hydrogen (secondary N) is 1. The van der Waals surface area contributed by atoms with Gasteiger partial charge in [-0.1, -0.05) is 12.1 Å². The molecule has 1 rings (SSSR count). The topological polar surface area (TPSA) is 39.7 Å². The molecule has 0 aromatic heterocycles. The van der Waals surface area contributed by atoms with Gasteiger partial charge in [0.25, 0.3) is 0 Å². The van der Waals surface area contributed by atoms with E-state index in [-0.39, 0.29) is 5.75 Å². The smallest absolute Gasteiger partial charge is 0.406 e. The first-order valence-electron chi connectivity index (χ1n) is 5.19. The van der Waals surface area contributed by atoms with Gasteiger partial charge in [0.1, 0.15) is 5.75 Å². The van der Waals surface area contributed by atoms with Gasteiger partial charge in [0.15, 0.2) is 0 Å². The van der Waals surface area contributed by atoms with Crippen molar-refractivity contribution in [3.8, 4) is 5.75 Å². The van der Waals surface area contributed by atoms with E-state index < -0.39 is 6.36 Å². The van der Waals surface area contributed by atoms with Crippen molar-refractivity contribution in [3.63, 3.8) is 0 Å². The van der Waals surface area contributed by atoms with Crippen molar-refractivity contribution in [1.82, 2.24) is 5.48 Å². The summed E-state index contributed by atoms with van der Waals surface area (Å²) in [5, 5.41) is 0. The zero-order valence-electron chi connectivity index (χ0n) is 9.79. The van der Waals surface area contributed by atoms with Crippen molar-refractivity contribution >= 4 is 0 Å². The minimum absolute atomic E-state index is 0.244. The summed E-state index contributed by atoms with van der Waals surface area (Å²) in [6, 6.07) is 5.54. The zero-order chi connectivity index (χ0) is 13.4. The molecular weight excluding hydrogens is 251 g/mol. The van der Waals surface area contributed by atoms with E-state index in [1.807, 2.05) is 0 Å². The summed E-state index contributed by atoms with van der Waals surface area (Å²) in [6.07, 6.45) is -4.66. The van der Waals surface area contributed by atoms with E-state index in [4.69, 9.17) is 9.57 Å². The monoisotopic (exact) mass is 265 g/mol. The standard InChI is InChI=1S/C11H14F3NO3/c1-16-6-7-17-15-8-9-2-4-10(5-3-9)18-11(12,13)14/h2-5,15H,6-8H2,1H3. The summed E-state index contributed by atoms with van der Waals surface area (Å²) in [4.78, 5) is 5.00. The third-order valence-electron chi connectivity index (χ3n) is 1.92. The van der Waals surface area contributed by atoms with Crippen LogP contribution in [0.3, 0.4) is 0 Å². The fraction of sp³-hybridized carbons (Fsp3) is 0.455. The number of hydrogen-bond acceptors (Lipinski definition) is 4. The van der Waals surface area contributed by atoms with Crippen LogP contribution in [-0.2, 0) is 16.1 Å². The Morgan fingerprint density at radius 3 is 2.33 bits per heavy atom. The first kappa shape index (κ1) is 14.7. The van der Waals surface area contributed by atoms with Crippen LogP contribution in [0.15, 0.2) is 24.3 Å². The van der Waals surface area contributed by atoms with Crippen LogP contribution in [0.25, 0.3) is 0 Å². The zero-order valence-corrected chi connectivity index (χ0v) is 9.79. The maximum Gasteiger partial charge on any atom is 0.573 e. The van der Waals surface area contributed by atoms with Crippen LogP contribution in [0.1, 0.15) is 5.56 Å². The maximum atomic E-state index is 11.9. The summed E-state index contributed by atoms with van der Waals surface area (Å²) < 4.78 is 44.2. The molecular formula is C11H14F3NO3. The molecule has 0 unspecified atom stereocenters. The molecule has 1 aromatic carbocycles. The highest BCUT2D eigenvalue weighted by Gasteiger charge is 2.30. The second-order valence-electron chi connectivity index (χ2n) is 3.35. The second kappa shape index (κ2) is 7.20. The van der Waals surface area contributed by atoms with Crippen LogP contribution in [-0.4, -0.2) is 26.7 Å². The molecule has 1 aromatic rings. The van der Waals surface area contributed by atoms with E-state index in [1.54, 1.807) is 7.11 Å². The lowest BCUT2D eigenvalue weighted by molar-refractivity contribution is -0.274. The van der Waals surface area contributed by atoms with E-state index in [1.165, 1.54) is 24.3 Å². The Morgan fingerprint density at radius 2 is 1.78 bits per heavy atom. The van der Waals surface area contributed by atoms with Gasteiger partial charge in [-0.15, -0.1) is 13.2 Å². The highest BCUT2D eigenvalue weighted by Crippen LogP contribution is 2.22. The van der Waals surface area contributed by atoms with Crippen molar-refractivity contribution in [2.45, 2.75) is 12.9 Å². The van der Waals surface area contributed by atoms with Gasteiger partial charge in [0.2, 0.25) is 0 Å². The van der Waals surface area contributed by atoms with Gasteiger partial charge >= 0.3 is 6.36 Å². The quantitative estimate of drug-likeness (QED) is 0.606. The average Bonchev–Trinajstić information content (AvgIpc) is 2.29. The summed E-state index contributed by atoms with van der Waals surface area (Å²) in [6.45, 7) is 1.24. The molecule has 1 N–H and O–H groups in total. The molecule has 102 valence electrons. The van der Waals surface area contributed by atoms with Gasteiger partial charge in [0.05, 0.1) is 13.2 Å². The van der Waals surface area contributed by atoms with E-state index in [2.05, 4.69) is 10.2 Å². The molecule has 0 fully saturated rings. The van der Waals surface area contributed by atoms with E-state index in [0.29, 0.717) is 19.8 Å². The first-order valence-corrected chi connectivity index (χ1v) is 5.19. The summed E-state index contributed by atoms with van der Waals surface area (Å²) in [5.41, 5.74) is 3.44.